The van der Waals surface area contributed by atoms with Gasteiger partial charge in [-0.1, -0.05) is 0 Å². The first-order valence-electron chi connectivity index (χ1n) is 2.21. The van der Waals surface area contributed by atoms with Crippen LogP contribution in [0.1, 0.15) is 0 Å². The van der Waals surface area contributed by atoms with Crippen molar-refractivity contribution >= 4 is 0 Å². The van der Waals surface area contributed by atoms with E-state index >= 15 is 0 Å². The van der Waals surface area contributed by atoms with Gasteiger partial charge in [0.15, 0.2) is 0 Å². The summed E-state index contributed by atoms with van der Waals surface area (Å²) in [4.78, 5) is 33.1. The van der Waals surface area contributed by atoms with E-state index in [1.807, 2.05) is 0 Å². The third-order valence-electron chi connectivity index (χ3n) is 0. The second-order valence-electron chi connectivity index (χ2n) is 0.909. The Morgan fingerprint density at radius 3 is 0.588 bits per heavy atom. The molecule has 0 bridgehead atoms. The summed E-state index contributed by atoms with van der Waals surface area (Å²) in [6.07, 6.45) is 0. The molecule has 16 nitrogen and oxygen atoms in total. The second-order valence-corrected chi connectivity index (χ2v) is 0.909. The summed E-state index contributed by atoms with van der Waals surface area (Å²) in [7, 11) is 0. The van der Waals surface area contributed by atoms with Crippen molar-refractivity contribution in [1.29, 1.82) is 0 Å². The molecular formula is HFeN4O12. The molecule has 0 aliphatic rings. The molecule has 0 aromatic heterocycles. The van der Waals surface area contributed by atoms with Gasteiger partial charge in [0.1, 0.15) is 0 Å². The quantitative estimate of drug-likeness (QED) is 0.318. The molecule has 0 saturated heterocycles. The summed E-state index contributed by atoms with van der Waals surface area (Å²) < 4.78 is 0. The van der Waals surface area contributed by atoms with E-state index < -0.39 is 20.3 Å². The van der Waals surface area contributed by atoms with Gasteiger partial charge in [0.05, 0.1) is 15.3 Å². The van der Waals surface area contributed by atoms with Gasteiger partial charge in [0, 0.05) is 0 Å². The fourth-order valence-electron chi connectivity index (χ4n) is 0. The Morgan fingerprint density at radius 2 is 0.588 bits per heavy atom. The Morgan fingerprint density at radius 1 is 0.588 bits per heavy atom. The van der Waals surface area contributed by atoms with Crippen molar-refractivity contribution < 1.29 is 42.6 Å². The molecule has 0 heterocycles. The zero-order valence-electron chi connectivity index (χ0n) is 7.08. The van der Waals surface area contributed by atoms with Crippen LogP contribution < -0.4 is 0 Å². The van der Waals surface area contributed by atoms with E-state index in [9.17, 15) is 0 Å². The van der Waals surface area contributed by atoms with Gasteiger partial charge in [-0.15, -0.1) is 10.1 Å². The van der Waals surface area contributed by atoms with E-state index in [2.05, 4.69) is 0 Å². The van der Waals surface area contributed by atoms with E-state index in [-0.39, 0.29) is 17.1 Å². The van der Waals surface area contributed by atoms with Gasteiger partial charge in [0.2, 0.25) is 0 Å². The molecule has 0 amide bonds. The molecule has 0 atom stereocenters. The van der Waals surface area contributed by atoms with Crippen molar-refractivity contribution in [3.05, 3.63) is 56.1 Å². The SMILES string of the molecule is O=[N+]([O-])O.O=[N+]([O-])[O-].O=[N+]([O-])[O-].O=[N+]([O-])[O-].[Fe+3]. The van der Waals surface area contributed by atoms with E-state index in [4.69, 9.17) is 61.3 Å². The van der Waals surface area contributed by atoms with Crippen LogP contribution in [-0.2, 0) is 17.1 Å². The molecule has 0 saturated carbocycles. The van der Waals surface area contributed by atoms with Gasteiger partial charge in [-0.25, -0.2) is 0 Å². The zero-order valence-corrected chi connectivity index (χ0v) is 8.18. The summed E-state index contributed by atoms with van der Waals surface area (Å²) in [5.41, 5.74) is 0. The van der Waals surface area contributed by atoms with Gasteiger partial charge >= 0.3 is 17.1 Å². The van der Waals surface area contributed by atoms with Crippen LogP contribution in [0, 0.1) is 56.1 Å². The van der Waals surface area contributed by atoms with Gasteiger partial charge in [-0.05, 0) is 0 Å². The average molecular weight is 305 g/mol. The van der Waals surface area contributed by atoms with Crippen LogP contribution in [0.5, 0.6) is 0 Å². The van der Waals surface area contributed by atoms with Crippen LogP contribution in [0.25, 0.3) is 0 Å². The zero-order chi connectivity index (χ0) is 14.3. The van der Waals surface area contributed by atoms with Crippen molar-refractivity contribution in [1.82, 2.24) is 0 Å². The molecule has 0 rings (SSSR count). The molecule has 0 unspecified atom stereocenters. The van der Waals surface area contributed by atoms with Crippen molar-refractivity contribution in [2.75, 3.05) is 0 Å². The first kappa shape index (κ1) is 29.2. The average Bonchev–Trinajstić information content (AvgIpc) is 1.76. The minimum absolute atomic E-state index is 0. The molecule has 17 heavy (non-hydrogen) atoms. The van der Waals surface area contributed by atoms with E-state index in [0.717, 1.165) is 0 Å². The molecular weight excluding hydrogens is 304 g/mol. The number of hydrogen-bond donors (Lipinski definition) is 1. The van der Waals surface area contributed by atoms with Crippen LogP contribution in [0.2, 0.25) is 0 Å². The summed E-state index contributed by atoms with van der Waals surface area (Å²) in [5, 5.41) is 57.9. The Kier molecular flexibility index (Phi) is 40.0. The minimum Gasteiger partial charge on any atom is -0.356 e. The monoisotopic (exact) mass is 305 g/mol. The number of nitrogens with zero attached hydrogens (tertiary/aromatic N) is 4. The Bertz CT molecular complexity index is 159. The summed E-state index contributed by atoms with van der Waals surface area (Å²) in [6, 6.07) is 0. The van der Waals surface area contributed by atoms with Gasteiger partial charge in [-0.3, -0.25) is 0 Å². The predicted molar refractivity (Wildman–Crippen MR) is 39.9 cm³/mol. The maximum absolute atomic E-state index is 8.36. The van der Waals surface area contributed by atoms with Crippen LogP contribution in [0.3, 0.4) is 0 Å². The third kappa shape index (κ3) is 238. The third-order valence-corrected chi connectivity index (χ3v) is 0. The number of hydrogen-bond acceptors (Lipinski definition) is 11. The van der Waals surface area contributed by atoms with Crippen molar-refractivity contribution in [3.8, 4) is 0 Å². The first-order chi connectivity index (χ1) is 6.93. The molecule has 0 aliphatic carbocycles. The standard InChI is InChI=1S/Fe.HNO3.3NO3/c;4*2-1(3)4/h;(H,2,3,4);;;/q+3;;3*-1. The molecule has 0 fully saturated rings. The van der Waals surface area contributed by atoms with E-state index in [0.29, 0.717) is 0 Å². The van der Waals surface area contributed by atoms with Crippen molar-refractivity contribution in [2.24, 2.45) is 0 Å². The predicted octanol–water partition coefficient (Wildman–Crippen LogP) is -1.07. The van der Waals surface area contributed by atoms with Crippen molar-refractivity contribution in [3.63, 3.8) is 0 Å². The Balaban J connectivity index is -0.0000000369. The molecule has 1 radical (unpaired) electrons. The molecule has 17 heteroatoms. The summed E-state index contributed by atoms with van der Waals surface area (Å²) >= 11 is 0. The van der Waals surface area contributed by atoms with Crippen LogP contribution in [0.15, 0.2) is 0 Å². The maximum Gasteiger partial charge on any atom is 3.00 e. The fourth-order valence-corrected chi connectivity index (χ4v) is 0. The van der Waals surface area contributed by atoms with Crippen LogP contribution >= 0.6 is 0 Å². The first-order valence-corrected chi connectivity index (χ1v) is 2.21. The Hall–Kier alpha value is -2.68. The largest absolute Gasteiger partial charge is 3.00 e. The Labute approximate surface area is 99.6 Å². The molecule has 0 aromatic carbocycles. The van der Waals surface area contributed by atoms with Crippen LogP contribution in [0.4, 0.5) is 0 Å². The molecule has 0 spiro atoms. The molecule has 0 aliphatic heterocycles. The van der Waals surface area contributed by atoms with Gasteiger partial charge in [-0.2, -0.15) is 0 Å². The van der Waals surface area contributed by atoms with E-state index in [1.54, 1.807) is 0 Å². The fraction of sp³-hybridized carbons (Fsp3) is 0. The molecule has 1 N–H and O–H groups in total. The number of rotatable bonds is 0. The smallest absolute Gasteiger partial charge is 0.356 e. The second kappa shape index (κ2) is 23.3. The van der Waals surface area contributed by atoms with E-state index in [1.165, 1.54) is 0 Å². The van der Waals surface area contributed by atoms with Gasteiger partial charge < -0.3 is 51.2 Å². The van der Waals surface area contributed by atoms with Crippen molar-refractivity contribution in [2.45, 2.75) is 0 Å². The van der Waals surface area contributed by atoms with Gasteiger partial charge in [0.25, 0.3) is 5.09 Å². The normalized spacial score (nSPS) is 5.65. The van der Waals surface area contributed by atoms with Crippen LogP contribution in [-0.4, -0.2) is 25.6 Å². The summed E-state index contributed by atoms with van der Waals surface area (Å²) in [6.45, 7) is 0. The summed E-state index contributed by atoms with van der Waals surface area (Å²) in [5.74, 6) is 0. The minimum atomic E-state index is -1.75. The maximum atomic E-state index is 8.36. The molecule has 101 valence electrons. The molecule has 0 aromatic rings. The topological polar surface area (TPSA) is 262 Å².